The first kappa shape index (κ1) is 23.1. The first-order valence-electron chi connectivity index (χ1n) is 12.0. The number of halogens is 1. The summed E-state index contributed by atoms with van der Waals surface area (Å²) in [5, 5.41) is 13.5. The number of aromatic nitrogens is 2. The van der Waals surface area contributed by atoms with E-state index in [0.29, 0.717) is 5.56 Å². The maximum atomic E-state index is 14.0. The Morgan fingerprint density at radius 1 is 1.18 bits per heavy atom. The van der Waals surface area contributed by atoms with Gasteiger partial charge in [0.05, 0.1) is 11.9 Å². The minimum absolute atomic E-state index is 0.0631. The molecule has 3 aromatic rings. The molecule has 2 aromatic heterocycles. The fourth-order valence-electron chi connectivity index (χ4n) is 4.65. The van der Waals surface area contributed by atoms with Gasteiger partial charge in [0.2, 0.25) is 0 Å². The van der Waals surface area contributed by atoms with Gasteiger partial charge in [0.25, 0.3) is 0 Å². The van der Waals surface area contributed by atoms with Crippen LogP contribution < -0.4 is 5.32 Å². The number of nitrogens with zero attached hydrogens (tertiary/aromatic N) is 2. The van der Waals surface area contributed by atoms with Crippen LogP contribution >= 0.6 is 0 Å². The van der Waals surface area contributed by atoms with Crippen LogP contribution in [-0.4, -0.2) is 27.6 Å². The van der Waals surface area contributed by atoms with Crippen LogP contribution in [-0.2, 0) is 17.6 Å². The van der Waals surface area contributed by atoms with E-state index in [1.807, 2.05) is 6.07 Å². The van der Waals surface area contributed by atoms with Crippen molar-refractivity contribution in [1.82, 2.24) is 9.97 Å². The standard InChI is InChI=1S/C27H32FN3O2/c1-18-13-25-21(15-24(18)28)14-22(17-30-25)20(16-26(32)33)7-4-2-3-5-9-23-11-10-19-8-6-12-29-27(19)31-23/h10-11,13-15,17,20H,2-9,12,16H2,1H3,(H,29,31)(H,32,33). The van der Waals surface area contributed by atoms with Crippen LogP contribution in [0.15, 0.2) is 36.5 Å². The number of hydrogen-bond acceptors (Lipinski definition) is 4. The second kappa shape index (κ2) is 10.7. The third-order valence-corrected chi connectivity index (χ3v) is 6.56. The van der Waals surface area contributed by atoms with Crippen LogP contribution in [0.2, 0.25) is 0 Å². The Balaban J connectivity index is 1.29. The Morgan fingerprint density at radius 2 is 2.03 bits per heavy atom. The van der Waals surface area contributed by atoms with Crippen LogP contribution in [0, 0.1) is 12.7 Å². The van der Waals surface area contributed by atoms with Gasteiger partial charge >= 0.3 is 5.97 Å². The Labute approximate surface area is 194 Å². The summed E-state index contributed by atoms with van der Waals surface area (Å²) in [6.07, 6.45) is 10.0. The maximum absolute atomic E-state index is 14.0. The van der Waals surface area contributed by atoms with Crippen molar-refractivity contribution in [3.8, 4) is 0 Å². The Hall–Kier alpha value is -3.02. The lowest BCUT2D eigenvalue weighted by Gasteiger charge is -2.17. The molecule has 174 valence electrons. The average molecular weight is 450 g/mol. The summed E-state index contributed by atoms with van der Waals surface area (Å²) in [5.41, 5.74) is 4.62. The van der Waals surface area contributed by atoms with Crippen molar-refractivity contribution in [3.63, 3.8) is 0 Å². The molecule has 0 radical (unpaired) electrons. The number of carbonyl (C=O) groups is 1. The molecule has 2 N–H and O–H groups in total. The van der Waals surface area contributed by atoms with Gasteiger partial charge in [-0.05, 0) is 85.9 Å². The highest BCUT2D eigenvalue weighted by atomic mass is 19.1. The lowest BCUT2D eigenvalue weighted by molar-refractivity contribution is -0.137. The fraction of sp³-hybridized carbons (Fsp3) is 0.444. The normalized spacial score (nSPS) is 14.0. The van der Waals surface area contributed by atoms with Gasteiger partial charge in [-0.2, -0.15) is 0 Å². The van der Waals surface area contributed by atoms with E-state index < -0.39 is 5.97 Å². The van der Waals surface area contributed by atoms with Crippen LogP contribution in [0.4, 0.5) is 10.2 Å². The van der Waals surface area contributed by atoms with E-state index in [9.17, 15) is 14.3 Å². The van der Waals surface area contributed by atoms with E-state index in [1.54, 1.807) is 19.2 Å². The van der Waals surface area contributed by atoms with Crippen molar-refractivity contribution < 1.29 is 14.3 Å². The predicted octanol–water partition coefficient (Wildman–Crippen LogP) is 6.19. The van der Waals surface area contributed by atoms with Crippen molar-refractivity contribution >= 4 is 22.7 Å². The van der Waals surface area contributed by atoms with E-state index in [1.165, 1.54) is 18.1 Å². The summed E-state index contributed by atoms with van der Waals surface area (Å²) < 4.78 is 14.0. The first-order valence-corrected chi connectivity index (χ1v) is 12.0. The van der Waals surface area contributed by atoms with Gasteiger partial charge in [-0.25, -0.2) is 9.37 Å². The minimum Gasteiger partial charge on any atom is -0.481 e. The number of aliphatic carboxylic acids is 1. The molecule has 4 rings (SSSR count). The Bertz CT molecular complexity index is 1130. The lowest BCUT2D eigenvalue weighted by atomic mass is 9.90. The zero-order valence-corrected chi connectivity index (χ0v) is 19.2. The van der Waals surface area contributed by atoms with Crippen molar-refractivity contribution in [2.75, 3.05) is 11.9 Å². The summed E-state index contributed by atoms with van der Waals surface area (Å²) in [5.74, 6) is -0.144. The lowest BCUT2D eigenvalue weighted by Crippen LogP contribution is -2.13. The van der Waals surface area contributed by atoms with Gasteiger partial charge in [0, 0.05) is 23.8 Å². The number of nitrogens with one attached hydrogen (secondary N) is 1. The number of fused-ring (bicyclic) bond motifs is 2. The topological polar surface area (TPSA) is 75.1 Å². The molecule has 33 heavy (non-hydrogen) atoms. The number of rotatable bonds is 10. The van der Waals surface area contributed by atoms with Gasteiger partial charge in [0.15, 0.2) is 0 Å². The molecule has 0 fully saturated rings. The van der Waals surface area contributed by atoms with Gasteiger partial charge < -0.3 is 10.4 Å². The van der Waals surface area contributed by atoms with Crippen LogP contribution in [0.25, 0.3) is 10.9 Å². The number of anilines is 1. The highest BCUT2D eigenvalue weighted by molar-refractivity contribution is 5.80. The summed E-state index contributed by atoms with van der Waals surface area (Å²) in [7, 11) is 0. The summed E-state index contributed by atoms with van der Waals surface area (Å²) >= 11 is 0. The maximum Gasteiger partial charge on any atom is 0.303 e. The highest BCUT2D eigenvalue weighted by Gasteiger charge is 2.17. The van der Waals surface area contributed by atoms with Crippen molar-refractivity contribution in [2.24, 2.45) is 0 Å². The smallest absolute Gasteiger partial charge is 0.303 e. The molecule has 5 nitrogen and oxygen atoms in total. The molecule has 1 aliphatic rings. The molecule has 3 heterocycles. The molecule has 1 unspecified atom stereocenters. The largest absolute Gasteiger partial charge is 0.481 e. The molecule has 0 aliphatic carbocycles. The van der Waals surface area contributed by atoms with E-state index in [4.69, 9.17) is 4.98 Å². The van der Waals surface area contributed by atoms with Crippen molar-refractivity contribution in [3.05, 3.63) is 64.7 Å². The zero-order chi connectivity index (χ0) is 23.2. The second-order valence-electron chi connectivity index (χ2n) is 9.15. The summed E-state index contributed by atoms with van der Waals surface area (Å²) in [4.78, 5) is 20.7. The molecule has 0 bridgehead atoms. The molecule has 0 spiro atoms. The summed E-state index contributed by atoms with van der Waals surface area (Å²) in [6.45, 7) is 2.72. The number of hydrogen-bond donors (Lipinski definition) is 2. The predicted molar refractivity (Wildman–Crippen MR) is 129 cm³/mol. The number of carboxylic acid groups (broad SMARTS) is 1. The SMILES string of the molecule is Cc1cc2ncc(C(CCCCCCc3ccc4c(n3)NCCC4)CC(=O)O)cc2cc1F. The number of benzene rings is 1. The molecule has 1 atom stereocenters. The number of unbranched alkanes of at least 4 members (excludes halogenated alkanes) is 3. The Morgan fingerprint density at radius 3 is 2.88 bits per heavy atom. The van der Waals surface area contributed by atoms with E-state index in [0.717, 1.165) is 79.5 Å². The quantitative estimate of drug-likeness (QED) is 0.361. The number of aryl methyl sites for hydroxylation is 3. The molecule has 0 amide bonds. The summed E-state index contributed by atoms with van der Waals surface area (Å²) in [6, 6.07) is 9.46. The van der Waals surface area contributed by atoms with Gasteiger partial charge in [-0.15, -0.1) is 0 Å². The van der Waals surface area contributed by atoms with Gasteiger partial charge in [-0.1, -0.05) is 25.3 Å². The number of carboxylic acids is 1. The van der Waals surface area contributed by atoms with Crippen molar-refractivity contribution in [1.29, 1.82) is 0 Å². The molecule has 0 saturated carbocycles. The Kier molecular flexibility index (Phi) is 7.53. The molecular formula is C27H32FN3O2. The van der Waals surface area contributed by atoms with Crippen molar-refractivity contribution in [2.45, 2.75) is 70.6 Å². The molecule has 6 heteroatoms. The fourth-order valence-corrected chi connectivity index (χ4v) is 4.65. The van der Waals surface area contributed by atoms with E-state index in [2.05, 4.69) is 22.4 Å². The first-order chi connectivity index (χ1) is 16.0. The van der Waals surface area contributed by atoms with Crippen LogP contribution in [0.5, 0.6) is 0 Å². The third-order valence-electron chi connectivity index (χ3n) is 6.56. The molecule has 1 aromatic carbocycles. The van der Waals surface area contributed by atoms with Crippen LogP contribution in [0.1, 0.15) is 73.2 Å². The van der Waals surface area contributed by atoms with Gasteiger partial charge in [-0.3, -0.25) is 9.78 Å². The molecule has 0 saturated heterocycles. The zero-order valence-electron chi connectivity index (χ0n) is 19.2. The van der Waals surface area contributed by atoms with Crippen LogP contribution in [0.3, 0.4) is 0 Å². The monoisotopic (exact) mass is 449 g/mol. The second-order valence-corrected chi connectivity index (χ2v) is 9.15. The average Bonchev–Trinajstić information content (AvgIpc) is 2.80. The minimum atomic E-state index is -0.817. The number of pyridine rings is 2. The van der Waals surface area contributed by atoms with E-state index >= 15 is 0 Å². The third kappa shape index (κ3) is 6.06. The highest BCUT2D eigenvalue weighted by Crippen LogP contribution is 2.29. The van der Waals surface area contributed by atoms with E-state index in [-0.39, 0.29) is 18.2 Å². The molecule has 1 aliphatic heterocycles. The van der Waals surface area contributed by atoms with Gasteiger partial charge in [0.1, 0.15) is 11.6 Å². The molecular weight excluding hydrogens is 417 g/mol.